The second kappa shape index (κ2) is 6.52. The molecule has 0 amide bonds. The normalized spacial score (nSPS) is 12.3. The van der Waals surface area contributed by atoms with E-state index in [9.17, 15) is 0 Å². The van der Waals surface area contributed by atoms with Gasteiger partial charge in [-0.05, 0) is 37.6 Å². The lowest BCUT2D eigenvalue weighted by molar-refractivity contribution is 0.414. The molecule has 4 heteroatoms. The monoisotopic (exact) mass is 262 g/mol. The summed E-state index contributed by atoms with van der Waals surface area (Å²) >= 11 is 1.64. The van der Waals surface area contributed by atoms with Crippen molar-refractivity contribution in [1.29, 1.82) is 0 Å². The maximum Gasteiger partial charge on any atom is 0.118 e. The molecular formula is C14H18N2OS. The summed E-state index contributed by atoms with van der Waals surface area (Å²) in [6.45, 7) is 3.09. The van der Waals surface area contributed by atoms with Crippen molar-refractivity contribution in [1.82, 2.24) is 10.3 Å². The van der Waals surface area contributed by atoms with Gasteiger partial charge >= 0.3 is 0 Å². The first-order chi connectivity index (χ1) is 8.79. The first kappa shape index (κ1) is 13.1. The Morgan fingerprint density at radius 1 is 1.33 bits per heavy atom. The van der Waals surface area contributed by atoms with Gasteiger partial charge in [-0.2, -0.15) is 0 Å². The van der Waals surface area contributed by atoms with E-state index < -0.39 is 0 Å². The SMILES string of the molecule is COc1ccc(CCNC(C)c2cscn2)cc1. The van der Waals surface area contributed by atoms with Crippen LogP contribution in [-0.2, 0) is 6.42 Å². The largest absolute Gasteiger partial charge is 0.497 e. The van der Waals surface area contributed by atoms with Gasteiger partial charge in [0.05, 0.1) is 18.3 Å². The highest BCUT2D eigenvalue weighted by Crippen LogP contribution is 2.13. The number of nitrogens with zero attached hydrogens (tertiary/aromatic N) is 1. The summed E-state index contributed by atoms with van der Waals surface area (Å²) in [5.41, 5.74) is 4.31. The van der Waals surface area contributed by atoms with Crippen molar-refractivity contribution in [2.45, 2.75) is 19.4 Å². The molecule has 0 aliphatic rings. The number of rotatable bonds is 6. The number of ether oxygens (including phenoxy) is 1. The molecule has 2 aromatic rings. The molecule has 3 nitrogen and oxygen atoms in total. The fourth-order valence-electron chi connectivity index (χ4n) is 1.77. The minimum absolute atomic E-state index is 0.314. The van der Waals surface area contributed by atoms with Gasteiger partial charge in [0.15, 0.2) is 0 Å². The van der Waals surface area contributed by atoms with Gasteiger partial charge in [0.1, 0.15) is 5.75 Å². The van der Waals surface area contributed by atoms with Gasteiger partial charge in [-0.25, -0.2) is 4.98 Å². The predicted molar refractivity (Wildman–Crippen MR) is 75.2 cm³/mol. The van der Waals surface area contributed by atoms with Crippen molar-refractivity contribution in [3.63, 3.8) is 0 Å². The molecule has 96 valence electrons. The van der Waals surface area contributed by atoms with Gasteiger partial charge in [-0.3, -0.25) is 0 Å². The predicted octanol–water partition coefficient (Wildman–Crippen LogP) is 3.05. The molecule has 1 atom stereocenters. The van der Waals surface area contributed by atoms with Crippen molar-refractivity contribution in [2.75, 3.05) is 13.7 Å². The van der Waals surface area contributed by atoms with Crippen LogP contribution in [0.4, 0.5) is 0 Å². The smallest absolute Gasteiger partial charge is 0.118 e. The molecule has 18 heavy (non-hydrogen) atoms. The second-order valence-electron chi connectivity index (χ2n) is 4.19. The topological polar surface area (TPSA) is 34.1 Å². The zero-order valence-electron chi connectivity index (χ0n) is 10.7. The van der Waals surface area contributed by atoms with E-state index in [1.54, 1.807) is 18.4 Å². The third-order valence-electron chi connectivity index (χ3n) is 2.92. The number of hydrogen-bond acceptors (Lipinski definition) is 4. The van der Waals surface area contributed by atoms with Crippen LogP contribution in [0, 0.1) is 0 Å². The molecule has 0 saturated carbocycles. The number of aromatic nitrogens is 1. The molecule has 1 aromatic carbocycles. The molecule has 1 N–H and O–H groups in total. The summed E-state index contributed by atoms with van der Waals surface area (Å²) in [5, 5.41) is 5.56. The Balaban J connectivity index is 1.77. The summed E-state index contributed by atoms with van der Waals surface area (Å²) < 4.78 is 5.14. The third kappa shape index (κ3) is 3.55. The lowest BCUT2D eigenvalue weighted by Crippen LogP contribution is -2.21. The molecule has 0 aliphatic heterocycles. The number of benzene rings is 1. The lowest BCUT2D eigenvalue weighted by Gasteiger charge is -2.11. The number of hydrogen-bond donors (Lipinski definition) is 1. The highest BCUT2D eigenvalue weighted by Gasteiger charge is 2.05. The molecule has 2 rings (SSSR count). The Morgan fingerprint density at radius 2 is 2.11 bits per heavy atom. The molecule has 0 radical (unpaired) electrons. The molecule has 1 aromatic heterocycles. The molecule has 1 heterocycles. The van der Waals surface area contributed by atoms with Crippen molar-refractivity contribution < 1.29 is 4.74 Å². The van der Waals surface area contributed by atoms with Crippen molar-refractivity contribution in [3.05, 3.63) is 46.4 Å². The summed E-state index contributed by atoms with van der Waals surface area (Å²) in [6.07, 6.45) is 1.01. The van der Waals surface area contributed by atoms with Crippen LogP contribution < -0.4 is 10.1 Å². The number of nitrogens with one attached hydrogen (secondary N) is 1. The summed E-state index contributed by atoms with van der Waals surface area (Å²) in [5.74, 6) is 0.905. The van der Waals surface area contributed by atoms with E-state index in [4.69, 9.17) is 4.74 Å². The quantitative estimate of drug-likeness (QED) is 0.869. The molecule has 1 unspecified atom stereocenters. The van der Waals surface area contributed by atoms with Gasteiger partial charge in [0.2, 0.25) is 0 Å². The van der Waals surface area contributed by atoms with E-state index in [1.165, 1.54) is 5.56 Å². The summed E-state index contributed by atoms with van der Waals surface area (Å²) in [6, 6.07) is 8.52. The molecule has 0 fully saturated rings. The Labute approximate surface area is 112 Å². The Kier molecular flexibility index (Phi) is 4.73. The van der Waals surface area contributed by atoms with Crippen LogP contribution >= 0.6 is 11.3 Å². The van der Waals surface area contributed by atoms with E-state index >= 15 is 0 Å². The molecule has 0 aliphatic carbocycles. The van der Waals surface area contributed by atoms with Crippen molar-refractivity contribution in [3.8, 4) is 5.75 Å². The van der Waals surface area contributed by atoms with Crippen LogP contribution in [0.5, 0.6) is 5.75 Å². The molecule has 0 bridgehead atoms. The highest BCUT2D eigenvalue weighted by molar-refractivity contribution is 7.07. The third-order valence-corrected chi connectivity index (χ3v) is 3.52. The van der Waals surface area contributed by atoms with Gasteiger partial charge in [0.25, 0.3) is 0 Å². The number of thiazole rings is 1. The fraction of sp³-hybridized carbons (Fsp3) is 0.357. The van der Waals surface area contributed by atoms with Crippen molar-refractivity contribution >= 4 is 11.3 Å². The zero-order valence-corrected chi connectivity index (χ0v) is 11.5. The van der Waals surface area contributed by atoms with Crippen LogP contribution in [0.2, 0.25) is 0 Å². The Bertz CT molecular complexity index is 453. The molecule has 0 spiro atoms. The summed E-state index contributed by atoms with van der Waals surface area (Å²) in [4.78, 5) is 4.30. The van der Waals surface area contributed by atoms with Crippen molar-refractivity contribution in [2.24, 2.45) is 0 Å². The van der Waals surface area contributed by atoms with Crippen LogP contribution in [0.3, 0.4) is 0 Å². The van der Waals surface area contributed by atoms with Gasteiger partial charge in [-0.1, -0.05) is 12.1 Å². The molecule has 0 saturated heterocycles. The van der Waals surface area contributed by atoms with Gasteiger partial charge in [-0.15, -0.1) is 11.3 Å². The van der Waals surface area contributed by atoms with Gasteiger partial charge in [0, 0.05) is 11.4 Å². The van der Waals surface area contributed by atoms with E-state index in [0.29, 0.717) is 6.04 Å². The first-order valence-electron chi connectivity index (χ1n) is 6.04. The molecular weight excluding hydrogens is 244 g/mol. The number of methoxy groups -OCH3 is 1. The Hall–Kier alpha value is -1.39. The van der Waals surface area contributed by atoms with E-state index in [-0.39, 0.29) is 0 Å². The minimum atomic E-state index is 0.314. The van der Waals surface area contributed by atoms with Gasteiger partial charge < -0.3 is 10.1 Å². The summed E-state index contributed by atoms with van der Waals surface area (Å²) in [7, 11) is 1.69. The Morgan fingerprint density at radius 3 is 2.72 bits per heavy atom. The maximum absolute atomic E-state index is 5.14. The van der Waals surface area contributed by atoms with E-state index in [2.05, 4.69) is 34.7 Å². The van der Waals surface area contributed by atoms with Crippen LogP contribution in [0.1, 0.15) is 24.2 Å². The average molecular weight is 262 g/mol. The second-order valence-corrected chi connectivity index (χ2v) is 4.91. The first-order valence-corrected chi connectivity index (χ1v) is 6.98. The maximum atomic E-state index is 5.14. The van der Waals surface area contributed by atoms with E-state index in [1.807, 2.05) is 17.6 Å². The lowest BCUT2D eigenvalue weighted by atomic mass is 10.1. The van der Waals surface area contributed by atoms with Crippen LogP contribution in [-0.4, -0.2) is 18.6 Å². The zero-order chi connectivity index (χ0) is 12.8. The minimum Gasteiger partial charge on any atom is -0.497 e. The van der Waals surface area contributed by atoms with Crippen LogP contribution in [0.25, 0.3) is 0 Å². The fourth-order valence-corrected chi connectivity index (χ4v) is 2.41. The average Bonchev–Trinajstić information content (AvgIpc) is 2.93. The highest BCUT2D eigenvalue weighted by atomic mass is 32.1. The standard InChI is InChI=1S/C14H18N2OS/c1-11(14-9-18-10-16-14)15-8-7-12-3-5-13(17-2)6-4-12/h3-6,9-11,15H,7-8H2,1-2H3. The van der Waals surface area contributed by atoms with Crippen LogP contribution in [0.15, 0.2) is 35.2 Å². The van der Waals surface area contributed by atoms with E-state index in [0.717, 1.165) is 24.4 Å².